The molecular formula is C89H53BrN7S2+. The molecule has 0 fully saturated rings. The molecular weight excluding hydrogens is 1310 g/mol. The molecule has 0 unspecified atom stereocenters. The van der Waals surface area contributed by atoms with Crippen LogP contribution in [0.1, 0.15) is 11.1 Å². The highest BCUT2D eigenvalue weighted by Gasteiger charge is 2.30. The van der Waals surface area contributed by atoms with Crippen molar-refractivity contribution in [1.82, 2.24) is 33.6 Å². The van der Waals surface area contributed by atoms with Crippen LogP contribution in [0, 0.1) is 6.08 Å². The lowest BCUT2D eigenvalue weighted by atomic mass is 9.98. The SMILES string of the molecule is Brc1nc(-c2ccccc2)c2ccccc2n1.[C+]1=CC=C(n2c3ccccc3c3c4c(ccc32)Cc2ccc3c(sc5ccccc53)c2-4)C=C1.c1ccc(-c2nc(-n3c4ccc5c6ccccc6sc5c4c4c5c6ccccc6n(-c6ccccc6)c5ccc43)nc3ccccc23)cc1. The van der Waals surface area contributed by atoms with Crippen molar-refractivity contribution in [2.24, 2.45) is 0 Å². The van der Waals surface area contributed by atoms with Gasteiger partial charge in [0.2, 0.25) is 5.95 Å². The highest BCUT2D eigenvalue weighted by molar-refractivity contribution is 9.10. The molecule has 2 aliphatic rings. The first-order chi connectivity index (χ1) is 49.1. The molecule has 7 aromatic heterocycles. The predicted octanol–water partition coefficient (Wildman–Crippen LogP) is 24.4. The van der Waals surface area contributed by atoms with Crippen molar-refractivity contribution in [1.29, 1.82) is 0 Å². The van der Waals surface area contributed by atoms with Gasteiger partial charge in [-0.2, -0.15) is 0 Å². The van der Waals surface area contributed by atoms with Crippen LogP contribution in [0.15, 0.2) is 314 Å². The maximum atomic E-state index is 5.38. The van der Waals surface area contributed by atoms with Crippen molar-refractivity contribution in [2.45, 2.75) is 6.42 Å². The molecule has 2 aliphatic carbocycles. The predicted molar refractivity (Wildman–Crippen MR) is 421 cm³/mol. The number of hydrogen-bond acceptors (Lipinski definition) is 6. The second-order valence-electron chi connectivity index (χ2n) is 25.1. The van der Waals surface area contributed by atoms with Crippen molar-refractivity contribution < 1.29 is 0 Å². The standard InChI is InChI=1S/C44H26N4S.C31H18NS.C14H9BrN2/c1-3-13-27(14-4-1)42-31-18-7-10-20-33(31)45-44(46-42)48-36-26-25-35-39(32-19-8-11-21-34(32)47(35)28-15-5-2-6-16-28)40(36)41-37(48)24-23-30-29-17-9-12-22-38(29)49-43(30)41;1-2-8-21(9-3-1)32-25-12-6-4-11-24(25)30-26(32)17-15-19-18-20-14-16-23-22-10-5-7-13-27(22)33-31(23)29(20)28(19)30;15-14-16-12-9-5-4-8-11(12)13(17-14)10-6-2-1-3-7-10/h1-26H;2-17H,18H2;1-9H/q;+1;. The van der Waals surface area contributed by atoms with E-state index >= 15 is 0 Å². The van der Waals surface area contributed by atoms with Gasteiger partial charge in [-0.3, -0.25) is 9.13 Å². The molecule has 0 spiro atoms. The third kappa shape index (κ3) is 9.11. The van der Waals surface area contributed by atoms with Gasteiger partial charge in [-0.05, 0) is 112 Å². The van der Waals surface area contributed by atoms with Crippen LogP contribution in [0.2, 0.25) is 0 Å². The Morgan fingerprint density at radius 3 is 1.51 bits per heavy atom. The highest BCUT2D eigenvalue weighted by Crippen LogP contribution is 2.52. The molecule has 0 N–H and O–H groups in total. The third-order valence-corrected chi connectivity index (χ3v) is 22.5. The van der Waals surface area contributed by atoms with E-state index in [1.54, 1.807) is 0 Å². The number of aromatic nitrogens is 7. The smallest absolute Gasteiger partial charge is 0.235 e. The lowest BCUT2D eigenvalue weighted by Gasteiger charge is -2.12. The monoisotopic (exact) mass is 1360 g/mol. The molecule has 0 bridgehead atoms. The molecule has 22 rings (SSSR count). The summed E-state index contributed by atoms with van der Waals surface area (Å²) in [6.45, 7) is 0. The number of halogens is 1. The van der Waals surface area contributed by atoms with Gasteiger partial charge < -0.3 is 4.57 Å². The molecule has 0 atom stereocenters. The van der Waals surface area contributed by atoms with Crippen LogP contribution in [-0.2, 0) is 6.42 Å². The molecule has 20 aromatic rings. The minimum absolute atomic E-state index is 0.620. The van der Waals surface area contributed by atoms with E-state index in [1.807, 2.05) is 83.4 Å². The number of allylic oxidation sites excluding steroid dienone is 6. The normalized spacial score (nSPS) is 12.6. The lowest BCUT2D eigenvalue weighted by molar-refractivity contribution is 1.01. The summed E-state index contributed by atoms with van der Waals surface area (Å²) in [5.74, 6) is 0.671. The van der Waals surface area contributed by atoms with E-state index in [2.05, 4.69) is 294 Å². The Hall–Kier alpha value is -12.0. The number of hydrogen-bond donors (Lipinski definition) is 0. The molecule has 0 saturated heterocycles. The Bertz CT molecular complexity index is 6830. The molecule has 13 aromatic carbocycles. The number of para-hydroxylation sites is 5. The van der Waals surface area contributed by atoms with Gasteiger partial charge in [0, 0.05) is 112 Å². The van der Waals surface area contributed by atoms with E-state index in [0.29, 0.717) is 10.7 Å². The number of nitrogens with zero attached hydrogens (tertiary/aromatic N) is 7. The zero-order valence-electron chi connectivity index (χ0n) is 53.0. The Labute approximate surface area is 584 Å². The van der Waals surface area contributed by atoms with Crippen molar-refractivity contribution in [3.05, 3.63) is 331 Å². The van der Waals surface area contributed by atoms with E-state index < -0.39 is 0 Å². The first kappa shape index (κ1) is 57.3. The largest absolute Gasteiger partial charge is 0.309 e. The number of benzene rings is 13. The fraction of sp³-hybridized carbons (Fsp3) is 0.0112. The van der Waals surface area contributed by atoms with Gasteiger partial charge in [-0.1, -0.05) is 212 Å². The maximum absolute atomic E-state index is 5.38. The lowest BCUT2D eigenvalue weighted by Crippen LogP contribution is -2.03. The van der Waals surface area contributed by atoms with Crippen LogP contribution in [0.3, 0.4) is 0 Å². The fourth-order valence-corrected chi connectivity index (χ4v) is 18.4. The second-order valence-corrected chi connectivity index (χ2v) is 28.0. The topological polar surface area (TPSA) is 66.3 Å². The van der Waals surface area contributed by atoms with Gasteiger partial charge >= 0.3 is 0 Å². The van der Waals surface area contributed by atoms with E-state index in [0.717, 1.165) is 67.5 Å². The van der Waals surface area contributed by atoms with Crippen LogP contribution < -0.4 is 0 Å². The molecule has 0 saturated carbocycles. The van der Waals surface area contributed by atoms with Gasteiger partial charge in [0.1, 0.15) is 12.2 Å². The van der Waals surface area contributed by atoms with Crippen LogP contribution in [0.4, 0.5) is 0 Å². The van der Waals surface area contributed by atoms with E-state index in [1.165, 1.54) is 123 Å². The van der Waals surface area contributed by atoms with Crippen molar-refractivity contribution >= 4 is 172 Å². The van der Waals surface area contributed by atoms with Gasteiger partial charge in [0.15, 0.2) is 10.4 Å². The third-order valence-electron chi connectivity index (χ3n) is 19.7. The van der Waals surface area contributed by atoms with Crippen LogP contribution in [0.25, 0.3) is 179 Å². The van der Waals surface area contributed by atoms with Crippen LogP contribution in [-0.4, -0.2) is 33.6 Å². The summed E-state index contributed by atoms with van der Waals surface area (Å²) in [5.41, 5.74) is 21.1. The molecule has 99 heavy (non-hydrogen) atoms. The van der Waals surface area contributed by atoms with E-state index in [9.17, 15) is 0 Å². The Kier molecular flexibility index (Phi) is 13.4. The van der Waals surface area contributed by atoms with Gasteiger partial charge in [-0.15, -0.1) is 22.7 Å². The van der Waals surface area contributed by atoms with E-state index in [-0.39, 0.29) is 0 Å². The molecule has 462 valence electrons. The average Bonchev–Trinajstić information content (AvgIpc) is 1.53. The summed E-state index contributed by atoms with van der Waals surface area (Å²) < 4.78 is 13.1. The molecule has 7 heterocycles. The number of rotatable bonds is 5. The molecule has 0 aliphatic heterocycles. The van der Waals surface area contributed by atoms with Gasteiger partial charge in [0.05, 0.1) is 67.7 Å². The first-order valence-corrected chi connectivity index (χ1v) is 35.6. The molecule has 0 radical (unpaired) electrons. The average molecular weight is 1360 g/mol. The van der Waals surface area contributed by atoms with Crippen molar-refractivity contribution in [3.63, 3.8) is 0 Å². The van der Waals surface area contributed by atoms with Gasteiger partial charge in [0.25, 0.3) is 0 Å². The summed E-state index contributed by atoms with van der Waals surface area (Å²) in [4.78, 5) is 19.5. The molecule has 0 amide bonds. The summed E-state index contributed by atoms with van der Waals surface area (Å²) in [5, 5.41) is 15.1. The summed E-state index contributed by atoms with van der Waals surface area (Å²) in [7, 11) is 0. The highest BCUT2D eigenvalue weighted by atomic mass is 79.9. The molecule has 7 nitrogen and oxygen atoms in total. The van der Waals surface area contributed by atoms with Crippen LogP contribution in [0.5, 0.6) is 0 Å². The van der Waals surface area contributed by atoms with Crippen molar-refractivity contribution in [3.8, 4) is 45.3 Å². The maximum Gasteiger partial charge on any atom is 0.235 e. The van der Waals surface area contributed by atoms with Crippen molar-refractivity contribution in [2.75, 3.05) is 0 Å². The Balaban J connectivity index is 0.000000113. The van der Waals surface area contributed by atoms with Crippen LogP contribution >= 0.6 is 38.6 Å². The zero-order valence-corrected chi connectivity index (χ0v) is 56.2. The fourth-order valence-electron chi connectivity index (χ4n) is 15.5. The summed E-state index contributed by atoms with van der Waals surface area (Å²) >= 11 is 7.17. The van der Waals surface area contributed by atoms with Gasteiger partial charge in [-0.25, -0.2) is 19.9 Å². The number of thiophene rings is 2. The Morgan fingerprint density at radius 1 is 0.343 bits per heavy atom. The zero-order chi connectivity index (χ0) is 65.2. The van der Waals surface area contributed by atoms with E-state index in [4.69, 9.17) is 9.97 Å². The Morgan fingerprint density at radius 2 is 0.828 bits per heavy atom. The summed E-state index contributed by atoms with van der Waals surface area (Å²) in [6.07, 6.45) is 12.5. The second kappa shape index (κ2) is 23.1. The molecule has 10 heteroatoms. The number of fused-ring (bicyclic) bond motifs is 24. The first-order valence-electron chi connectivity index (χ1n) is 33.2. The quantitative estimate of drug-likeness (QED) is 0.127. The minimum atomic E-state index is 0.620. The summed E-state index contributed by atoms with van der Waals surface area (Å²) in [6, 6.07) is 101. The minimum Gasteiger partial charge on any atom is -0.309 e.